The SMILES string of the molecule is CC(=O)NC(CCC(C)Cl)C(C)Cl. The summed E-state index contributed by atoms with van der Waals surface area (Å²) in [5, 5.41) is 2.88. The van der Waals surface area contributed by atoms with Crippen LogP contribution in [-0.2, 0) is 4.79 Å². The zero-order valence-electron chi connectivity index (χ0n) is 8.31. The lowest BCUT2D eigenvalue weighted by Crippen LogP contribution is -2.39. The molecule has 13 heavy (non-hydrogen) atoms. The van der Waals surface area contributed by atoms with E-state index in [1.54, 1.807) is 0 Å². The Labute approximate surface area is 90.0 Å². The van der Waals surface area contributed by atoms with Gasteiger partial charge in [-0.1, -0.05) is 0 Å². The molecule has 0 spiro atoms. The number of carbonyl (C=O) groups is 1. The zero-order chi connectivity index (χ0) is 10.4. The van der Waals surface area contributed by atoms with Crippen LogP contribution in [-0.4, -0.2) is 22.7 Å². The maximum Gasteiger partial charge on any atom is 0.217 e. The molecule has 0 aromatic heterocycles. The Bertz CT molecular complexity index is 160. The third-order valence-electron chi connectivity index (χ3n) is 1.82. The highest BCUT2D eigenvalue weighted by atomic mass is 35.5. The Morgan fingerprint density at radius 3 is 2.15 bits per heavy atom. The Morgan fingerprint density at radius 1 is 1.31 bits per heavy atom. The summed E-state index contributed by atoms with van der Waals surface area (Å²) in [6, 6.07) is 0.0281. The van der Waals surface area contributed by atoms with Crippen molar-refractivity contribution in [3.05, 3.63) is 0 Å². The molecule has 4 heteroatoms. The van der Waals surface area contributed by atoms with Gasteiger partial charge < -0.3 is 5.32 Å². The van der Waals surface area contributed by atoms with Crippen LogP contribution < -0.4 is 5.32 Å². The summed E-state index contributed by atoms with van der Waals surface area (Å²) in [4.78, 5) is 10.8. The number of alkyl halides is 2. The fourth-order valence-electron chi connectivity index (χ4n) is 1.09. The van der Waals surface area contributed by atoms with Gasteiger partial charge in [-0.25, -0.2) is 0 Å². The van der Waals surface area contributed by atoms with Crippen molar-refractivity contribution in [3.8, 4) is 0 Å². The minimum Gasteiger partial charge on any atom is -0.352 e. The average molecular weight is 226 g/mol. The molecule has 0 saturated heterocycles. The number of rotatable bonds is 5. The summed E-state index contributed by atoms with van der Waals surface area (Å²) in [5.74, 6) is -0.0419. The van der Waals surface area contributed by atoms with E-state index in [1.807, 2.05) is 13.8 Å². The fraction of sp³-hybridized carbons (Fsp3) is 0.889. The van der Waals surface area contributed by atoms with E-state index >= 15 is 0 Å². The van der Waals surface area contributed by atoms with Gasteiger partial charge in [-0.15, -0.1) is 23.2 Å². The monoisotopic (exact) mass is 225 g/mol. The van der Waals surface area contributed by atoms with Gasteiger partial charge in [0.1, 0.15) is 0 Å². The van der Waals surface area contributed by atoms with Crippen LogP contribution in [0.25, 0.3) is 0 Å². The van der Waals surface area contributed by atoms with Gasteiger partial charge in [-0.05, 0) is 26.7 Å². The van der Waals surface area contributed by atoms with Crippen molar-refractivity contribution >= 4 is 29.1 Å². The Hall–Kier alpha value is 0.0500. The van der Waals surface area contributed by atoms with Crippen LogP contribution in [0.1, 0.15) is 33.6 Å². The van der Waals surface area contributed by atoms with E-state index in [-0.39, 0.29) is 22.7 Å². The summed E-state index contributed by atoms with van der Waals surface area (Å²) >= 11 is 11.7. The number of hydrogen-bond donors (Lipinski definition) is 1. The van der Waals surface area contributed by atoms with Crippen LogP contribution in [0.3, 0.4) is 0 Å². The van der Waals surface area contributed by atoms with Crippen molar-refractivity contribution in [2.45, 2.75) is 50.4 Å². The molecule has 1 N–H and O–H groups in total. The molecule has 0 saturated carbocycles. The van der Waals surface area contributed by atoms with Gasteiger partial charge in [-0.3, -0.25) is 4.79 Å². The van der Waals surface area contributed by atoms with Crippen molar-refractivity contribution < 1.29 is 4.79 Å². The number of hydrogen-bond acceptors (Lipinski definition) is 1. The van der Waals surface area contributed by atoms with Crippen LogP contribution in [0.4, 0.5) is 0 Å². The largest absolute Gasteiger partial charge is 0.352 e. The maximum atomic E-state index is 10.8. The topological polar surface area (TPSA) is 29.1 Å². The Kier molecular flexibility index (Phi) is 6.52. The molecule has 3 atom stereocenters. The first-order chi connectivity index (χ1) is 5.93. The molecule has 1 amide bonds. The molecule has 0 aliphatic rings. The first-order valence-electron chi connectivity index (χ1n) is 4.48. The van der Waals surface area contributed by atoms with Gasteiger partial charge in [0.25, 0.3) is 0 Å². The van der Waals surface area contributed by atoms with Gasteiger partial charge in [0.15, 0.2) is 0 Å². The predicted octanol–water partition coefficient (Wildman–Crippen LogP) is 2.53. The maximum absolute atomic E-state index is 10.8. The van der Waals surface area contributed by atoms with Crippen molar-refractivity contribution in [1.82, 2.24) is 5.32 Å². The minimum atomic E-state index is -0.0562. The molecule has 78 valence electrons. The second-order valence-corrected chi connectivity index (χ2v) is 4.78. The number of carbonyl (C=O) groups excluding carboxylic acids is 1. The van der Waals surface area contributed by atoms with E-state index in [0.717, 1.165) is 12.8 Å². The van der Waals surface area contributed by atoms with Crippen molar-refractivity contribution in [2.75, 3.05) is 0 Å². The number of halogens is 2. The molecule has 0 aliphatic heterocycles. The number of nitrogens with one attached hydrogen (secondary N) is 1. The highest BCUT2D eigenvalue weighted by molar-refractivity contribution is 6.21. The normalized spacial score (nSPS) is 17.6. The van der Waals surface area contributed by atoms with E-state index < -0.39 is 0 Å². The van der Waals surface area contributed by atoms with E-state index in [9.17, 15) is 4.79 Å². The molecule has 0 radical (unpaired) electrons. The van der Waals surface area contributed by atoms with Crippen LogP contribution >= 0.6 is 23.2 Å². The summed E-state index contributed by atoms with van der Waals surface area (Å²) in [6.07, 6.45) is 1.69. The lowest BCUT2D eigenvalue weighted by Gasteiger charge is -2.20. The van der Waals surface area contributed by atoms with E-state index in [4.69, 9.17) is 23.2 Å². The Morgan fingerprint density at radius 2 is 1.85 bits per heavy atom. The molecule has 0 fully saturated rings. The van der Waals surface area contributed by atoms with Crippen LogP contribution in [0, 0.1) is 0 Å². The summed E-state index contributed by atoms with van der Waals surface area (Å²) in [7, 11) is 0. The Balaban J connectivity index is 3.88. The van der Waals surface area contributed by atoms with Crippen molar-refractivity contribution in [2.24, 2.45) is 0 Å². The first-order valence-corrected chi connectivity index (χ1v) is 5.36. The van der Waals surface area contributed by atoms with E-state index in [0.29, 0.717) is 0 Å². The zero-order valence-corrected chi connectivity index (χ0v) is 9.82. The van der Waals surface area contributed by atoms with Crippen LogP contribution in [0.15, 0.2) is 0 Å². The van der Waals surface area contributed by atoms with Gasteiger partial charge >= 0.3 is 0 Å². The molecule has 3 unspecified atom stereocenters. The standard InChI is InChI=1S/C9H17Cl2NO/c1-6(10)4-5-9(7(2)11)12-8(3)13/h6-7,9H,4-5H2,1-3H3,(H,12,13). The number of amides is 1. The van der Waals surface area contributed by atoms with Gasteiger partial charge in [-0.2, -0.15) is 0 Å². The first kappa shape index (κ1) is 13.1. The van der Waals surface area contributed by atoms with Crippen LogP contribution in [0.5, 0.6) is 0 Å². The van der Waals surface area contributed by atoms with Gasteiger partial charge in [0.05, 0.1) is 5.38 Å². The third-order valence-corrected chi connectivity index (χ3v) is 2.34. The molecule has 0 aliphatic carbocycles. The molecular weight excluding hydrogens is 209 g/mol. The molecule has 0 bridgehead atoms. The quantitative estimate of drug-likeness (QED) is 0.717. The summed E-state index contributed by atoms with van der Waals surface area (Å²) < 4.78 is 0. The summed E-state index contributed by atoms with van der Waals surface area (Å²) in [5.41, 5.74) is 0. The van der Waals surface area contributed by atoms with Crippen LogP contribution in [0.2, 0.25) is 0 Å². The van der Waals surface area contributed by atoms with E-state index in [1.165, 1.54) is 6.92 Å². The van der Waals surface area contributed by atoms with Gasteiger partial charge in [0, 0.05) is 18.3 Å². The fourth-order valence-corrected chi connectivity index (χ4v) is 1.40. The molecule has 0 aromatic carbocycles. The summed E-state index contributed by atoms with van der Waals surface area (Å²) in [6.45, 7) is 5.31. The molecular formula is C9H17Cl2NO. The van der Waals surface area contributed by atoms with Crippen molar-refractivity contribution in [3.63, 3.8) is 0 Å². The van der Waals surface area contributed by atoms with Crippen molar-refractivity contribution in [1.29, 1.82) is 0 Å². The molecule has 0 heterocycles. The lowest BCUT2D eigenvalue weighted by atomic mass is 10.1. The highest BCUT2D eigenvalue weighted by Gasteiger charge is 2.16. The lowest BCUT2D eigenvalue weighted by molar-refractivity contribution is -0.119. The highest BCUT2D eigenvalue weighted by Crippen LogP contribution is 2.12. The average Bonchev–Trinajstić information content (AvgIpc) is 1.96. The van der Waals surface area contributed by atoms with Gasteiger partial charge in [0.2, 0.25) is 5.91 Å². The third kappa shape index (κ3) is 7.15. The second-order valence-electron chi connectivity index (χ2n) is 3.34. The predicted molar refractivity (Wildman–Crippen MR) is 57.5 cm³/mol. The van der Waals surface area contributed by atoms with E-state index in [2.05, 4.69) is 5.32 Å². The molecule has 2 nitrogen and oxygen atoms in total. The second kappa shape index (κ2) is 6.50. The smallest absolute Gasteiger partial charge is 0.217 e. The molecule has 0 rings (SSSR count). The molecule has 0 aromatic rings. The minimum absolute atomic E-state index is 0.0281.